The quantitative estimate of drug-likeness (QED) is 0.299. The van der Waals surface area contributed by atoms with Crippen molar-refractivity contribution < 1.29 is 26.6 Å². The average Bonchev–Trinajstić information content (AvgIpc) is 2.66. The van der Waals surface area contributed by atoms with Gasteiger partial charge in [0.2, 0.25) is 0 Å². The van der Waals surface area contributed by atoms with Gasteiger partial charge in [-0.1, -0.05) is 76.2 Å². The summed E-state index contributed by atoms with van der Waals surface area (Å²) in [5, 5.41) is 0. The van der Waals surface area contributed by atoms with E-state index in [2.05, 4.69) is 65.1 Å². The van der Waals surface area contributed by atoms with Crippen LogP contribution in [0, 0.1) is 11.8 Å². The highest BCUT2D eigenvalue weighted by Gasteiger charge is 2.36. The Morgan fingerprint density at radius 1 is 0.759 bits per heavy atom. The molecule has 162 valence electrons. The highest BCUT2D eigenvalue weighted by Crippen LogP contribution is 2.28. The van der Waals surface area contributed by atoms with Crippen molar-refractivity contribution in [3.05, 3.63) is 66.2 Å². The predicted octanol–water partition coefficient (Wildman–Crippen LogP) is 3.11. The first-order chi connectivity index (χ1) is 13.4. The lowest BCUT2D eigenvalue weighted by atomic mass is 9.94. The molecule has 2 rings (SSSR count). The highest BCUT2D eigenvalue weighted by molar-refractivity contribution is 5.20. The van der Waals surface area contributed by atoms with E-state index in [9.17, 15) is 0 Å². The van der Waals surface area contributed by atoms with E-state index in [4.69, 9.17) is 9.57 Å². The normalized spacial score (nSPS) is 13.4. The van der Waals surface area contributed by atoms with Crippen LogP contribution in [0.3, 0.4) is 0 Å². The van der Waals surface area contributed by atoms with E-state index >= 15 is 0 Å². The molecule has 0 saturated carbocycles. The van der Waals surface area contributed by atoms with Gasteiger partial charge in [0, 0.05) is 18.4 Å². The Bertz CT molecular complexity index is 653. The number of rotatable bonds is 12. The number of hydrogen-bond donors (Lipinski definition) is 0. The van der Waals surface area contributed by atoms with Crippen LogP contribution in [0.15, 0.2) is 60.7 Å². The van der Waals surface area contributed by atoms with Crippen molar-refractivity contribution in [2.75, 3.05) is 20.3 Å². The van der Waals surface area contributed by atoms with E-state index in [1.54, 1.807) is 0 Å². The molecular weight excluding hydrogens is 382 g/mol. The van der Waals surface area contributed by atoms with Gasteiger partial charge in [-0.05, 0) is 24.0 Å². The minimum atomic E-state index is 0. The van der Waals surface area contributed by atoms with Crippen molar-refractivity contribution in [3.63, 3.8) is 0 Å². The van der Waals surface area contributed by atoms with Crippen LogP contribution in [-0.2, 0) is 11.4 Å². The summed E-state index contributed by atoms with van der Waals surface area (Å²) in [6.07, 6.45) is 2.31. The molecule has 0 aliphatic rings. The summed E-state index contributed by atoms with van der Waals surface area (Å²) < 4.78 is 6.45. The van der Waals surface area contributed by atoms with Gasteiger partial charge < -0.3 is 17.1 Å². The molecule has 1 unspecified atom stereocenters. The van der Waals surface area contributed by atoms with E-state index in [0.29, 0.717) is 35.7 Å². The summed E-state index contributed by atoms with van der Waals surface area (Å²) in [5.74, 6) is 2.17. The van der Waals surface area contributed by atoms with E-state index in [1.165, 1.54) is 5.56 Å². The van der Waals surface area contributed by atoms with Crippen LogP contribution in [0.25, 0.3) is 0 Å². The van der Waals surface area contributed by atoms with Crippen LogP contribution in [0.4, 0.5) is 0 Å². The summed E-state index contributed by atoms with van der Waals surface area (Å²) in [5.41, 5.74) is 1.31. The molecule has 0 amide bonds. The van der Waals surface area contributed by atoms with E-state index < -0.39 is 0 Å². The van der Waals surface area contributed by atoms with Crippen molar-refractivity contribution in [1.29, 1.82) is 0 Å². The van der Waals surface area contributed by atoms with Gasteiger partial charge in [-0.25, -0.2) is 0 Å². The zero-order valence-electron chi connectivity index (χ0n) is 18.7. The lowest BCUT2D eigenvalue weighted by Gasteiger charge is -2.40. The zero-order valence-corrected chi connectivity index (χ0v) is 19.4. The SMILES string of the molecule is CC(C)CC(CC(C)C)[N+](C)(Cc1ccccc1)OCCOc1ccccc1.[Cl-]. The number of quaternary nitrogens is 1. The number of nitrogens with zero attached hydrogens (tertiary/aromatic N) is 1. The maximum atomic E-state index is 6.53. The Hall–Kier alpha value is -1.55. The Kier molecular flexibility index (Phi) is 11.3. The highest BCUT2D eigenvalue weighted by atomic mass is 35.5. The van der Waals surface area contributed by atoms with Gasteiger partial charge in [0.05, 0.1) is 7.05 Å². The minimum absolute atomic E-state index is 0. The van der Waals surface area contributed by atoms with Gasteiger partial charge in [-0.15, -0.1) is 0 Å². The molecule has 0 heterocycles. The van der Waals surface area contributed by atoms with Gasteiger partial charge in [0.15, 0.2) is 0 Å². The molecule has 1 atom stereocenters. The summed E-state index contributed by atoms with van der Waals surface area (Å²) in [7, 11) is 2.24. The van der Waals surface area contributed by atoms with Gasteiger partial charge in [0.25, 0.3) is 0 Å². The van der Waals surface area contributed by atoms with Crippen molar-refractivity contribution in [2.45, 2.75) is 53.1 Å². The molecule has 0 fully saturated rings. The van der Waals surface area contributed by atoms with Gasteiger partial charge in [-0.3, -0.25) is 0 Å². The molecule has 0 aliphatic heterocycles. The average molecular weight is 420 g/mol. The molecule has 0 spiro atoms. The van der Waals surface area contributed by atoms with Gasteiger partial charge >= 0.3 is 0 Å². The van der Waals surface area contributed by atoms with E-state index in [1.807, 2.05) is 30.3 Å². The Morgan fingerprint density at radius 2 is 1.28 bits per heavy atom. The second-order valence-electron chi connectivity index (χ2n) is 8.73. The first kappa shape index (κ1) is 25.5. The third-order valence-corrected chi connectivity index (χ3v) is 5.08. The molecule has 0 aliphatic carbocycles. The third-order valence-electron chi connectivity index (χ3n) is 5.08. The van der Waals surface area contributed by atoms with Crippen LogP contribution in [0.1, 0.15) is 46.1 Å². The fraction of sp³-hybridized carbons (Fsp3) is 0.520. The molecule has 3 nitrogen and oxygen atoms in total. The van der Waals surface area contributed by atoms with Crippen LogP contribution in [0.2, 0.25) is 0 Å². The molecule has 0 aromatic heterocycles. The van der Waals surface area contributed by atoms with Crippen molar-refractivity contribution in [2.24, 2.45) is 11.8 Å². The van der Waals surface area contributed by atoms with Crippen molar-refractivity contribution in [1.82, 2.24) is 0 Å². The molecule has 2 aromatic rings. The Labute approximate surface area is 184 Å². The van der Waals surface area contributed by atoms with Crippen LogP contribution < -0.4 is 17.1 Å². The van der Waals surface area contributed by atoms with Gasteiger partial charge in [-0.2, -0.15) is 9.48 Å². The molecular formula is C25H38ClNO2. The maximum Gasteiger partial charge on any atom is 0.140 e. The van der Waals surface area contributed by atoms with Crippen molar-refractivity contribution >= 4 is 0 Å². The van der Waals surface area contributed by atoms with E-state index in [0.717, 1.165) is 25.1 Å². The topological polar surface area (TPSA) is 18.5 Å². The number of halogens is 1. The van der Waals surface area contributed by atoms with Crippen LogP contribution >= 0.6 is 0 Å². The lowest BCUT2D eigenvalue weighted by molar-refractivity contribution is -1.12. The van der Waals surface area contributed by atoms with Crippen LogP contribution in [0.5, 0.6) is 5.75 Å². The molecule has 4 heteroatoms. The summed E-state index contributed by atoms with van der Waals surface area (Å²) in [4.78, 5) is 6.53. The van der Waals surface area contributed by atoms with Crippen LogP contribution in [-0.4, -0.2) is 30.9 Å². The fourth-order valence-electron chi connectivity index (χ4n) is 3.78. The first-order valence-electron chi connectivity index (χ1n) is 10.6. The number of hydrogen-bond acceptors (Lipinski definition) is 2. The van der Waals surface area contributed by atoms with Crippen molar-refractivity contribution in [3.8, 4) is 5.75 Å². The number of para-hydroxylation sites is 1. The fourth-order valence-corrected chi connectivity index (χ4v) is 3.78. The second-order valence-corrected chi connectivity index (χ2v) is 8.73. The number of hydroxylamine groups is 3. The Morgan fingerprint density at radius 3 is 1.79 bits per heavy atom. The zero-order chi connectivity index (χ0) is 20.4. The van der Waals surface area contributed by atoms with Gasteiger partial charge in [0.1, 0.15) is 31.5 Å². The summed E-state index contributed by atoms with van der Waals surface area (Å²) in [6.45, 7) is 11.2. The summed E-state index contributed by atoms with van der Waals surface area (Å²) in [6, 6.07) is 21.1. The molecule has 0 N–H and O–H groups in total. The lowest BCUT2D eigenvalue weighted by Crippen LogP contribution is -3.00. The molecule has 0 bridgehead atoms. The predicted molar refractivity (Wildman–Crippen MR) is 117 cm³/mol. The smallest absolute Gasteiger partial charge is 0.140 e. The first-order valence-corrected chi connectivity index (χ1v) is 10.6. The molecule has 2 aromatic carbocycles. The largest absolute Gasteiger partial charge is 1.00 e. The molecule has 29 heavy (non-hydrogen) atoms. The monoisotopic (exact) mass is 419 g/mol. The molecule has 0 saturated heterocycles. The number of benzene rings is 2. The molecule has 0 radical (unpaired) electrons. The maximum absolute atomic E-state index is 6.53. The second kappa shape index (κ2) is 12.9. The third kappa shape index (κ3) is 9.20. The standard InChI is InChI=1S/C25H38NO2.ClH/c1-21(2)18-24(19-22(3)4)26(5,20-23-12-8-6-9-13-23)28-17-16-27-25-14-10-7-11-15-25;/h6-15,21-22,24H,16-20H2,1-5H3;1H/q+1;/p-1. The Balaban J connectivity index is 0.00000420. The summed E-state index contributed by atoms with van der Waals surface area (Å²) >= 11 is 0. The number of ether oxygens (including phenoxy) is 1. The van der Waals surface area contributed by atoms with E-state index in [-0.39, 0.29) is 12.4 Å². The minimum Gasteiger partial charge on any atom is -1.00 e.